The number of sulfonamides is 1. The van der Waals surface area contributed by atoms with Gasteiger partial charge in [-0.15, -0.1) is 5.11 Å². The number of carboxylic acids is 1. The summed E-state index contributed by atoms with van der Waals surface area (Å²) in [4.78, 5) is 21.7. The number of non-ortho nitro benzene ring substituents is 1. The second-order valence-corrected chi connectivity index (χ2v) is 8.25. The Hall–Kier alpha value is -3.58. The first-order valence-corrected chi connectivity index (χ1v) is 9.70. The standard InChI is InChI=1S/C17H19N5O7S/c1-20(2)30(27,28)12-6-8-15(13(10-12)17(23)24)21(3)19-18-14-7-5-11(22(25)26)9-16(14)29-4/h5-10H,1-4H3,(H,23,24). The van der Waals surface area contributed by atoms with E-state index in [1.165, 1.54) is 58.6 Å². The zero-order chi connectivity index (χ0) is 22.6. The van der Waals surface area contributed by atoms with Gasteiger partial charge >= 0.3 is 5.97 Å². The average molecular weight is 437 g/mol. The minimum Gasteiger partial charge on any atom is -0.494 e. The maximum atomic E-state index is 12.3. The molecule has 0 aromatic heterocycles. The van der Waals surface area contributed by atoms with Crippen molar-refractivity contribution in [2.45, 2.75) is 4.90 Å². The maximum absolute atomic E-state index is 12.3. The molecule has 1 N–H and O–H groups in total. The average Bonchev–Trinajstić information content (AvgIpc) is 2.70. The molecule has 0 radical (unpaired) electrons. The van der Waals surface area contributed by atoms with Gasteiger partial charge < -0.3 is 9.84 Å². The quantitative estimate of drug-likeness (QED) is 0.375. The van der Waals surface area contributed by atoms with Crippen LogP contribution >= 0.6 is 0 Å². The van der Waals surface area contributed by atoms with Gasteiger partial charge in [-0.05, 0) is 24.3 Å². The van der Waals surface area contributed by atoms with E-state index in [4.69, 9.17) is 4.74 Å². The number of hydrogen-bond donors (Lipinski definition) is 1. The number of aromatic carboxylic acids is 1. The van der Waals surface area contributed by atoms with Gasteiger partial charge in [0, 0.05) is 27.2 Å². The van der Waals surface area contributed by atoms with Crippen LogP contribution in [0.4, 0.5) is 17.1 Å². The van der Waals surface area contributed by atoms with Crippen LogP contribution in [0.2, 0.25) is 0 Å². The van der Waals surface area contributed by atoms with Crippen LogP contribution in [0, 0.1) is 10.1 Å². The smallest absolute Gasteiger partial charge is 0.337 e. The first-order chi connectivity index (χ1) is 14.0. The molecule has 12 nitrogen and oxygen atoms in total. The normalized spacial score (nSPS) is 11.6. The topological polar surface area (TPSA) is 155 Å². The number of carboxylic acid groups (broad SMARTS) is 1. The summed E-state index contributed by atoms with van der Waals surface area (Å²) in [7, 11) is 1.58. The van der Waals surface area contributed by atoms with Gasteiger partial charge in [-0.3, -0.25) is 10.1 Å². The van der Waals surface area contributed by atoms with Crippen LogP contribution < -0.4 is 9.75 Å². The Morgan fingerprint density at radius 3 is 2.37 bits per heavy atom. The molecule has 0 spiro atoms. The maximum Gasteiger partial charge on any atom is 0.337 e. The highest BCUT2D eigenvalue weighted by atomic mass is 32.2. The molecule has 0 heterocycles. The summed E-state index contributed by atoms with van der Waals surface area (Å²) >= 11 is 0. The van der Waals surface area contributed by atoms with E-state index in [0.29, 0.717) is 0 Å². The van der Waals surface area contributed by atoms with Crippen molar-refractivity contribution in [3.8, 4) is 5.75 Å². The molecule has 0 unspecified atom stereocenters. The summed E-state index contributed by atoms with van der Waals surface area (Å²) in [5.41, 5.74) is -0.219. The second-order valence-electron chi connectivity index (χ2n) is 6.10. The number of benzene rings is 2. The molecule has 0 atom stereocenters. The van der Waals surface area contributed by atoms with Crippen LogP contribution in [0.1, 0.15) is 10.4 Å². The molecule has 2 rings (SSSR count). The van der Waals surface area contributed by atoms with E-state index in [0.717, 1.165) is 15.4 Å². The third-order valence-electron chi connectivity index (χ3n) is 3.99. The number of rotatable bonds is 8. The fourth-order valence-electron chi connectivity index (χ4n) is 2.37. The van der Waals surface area contributed by atoms with E-state index >= 15 is 0 Å². The van der Waals surface area contributed by atoms with Gasteiger partial charge in [0.05, 0.1) is 34.2 Å². The zero-order valence-corrected chi connectivity index (χ0v) is 17.3. The van der Waals surface area contributed by atoms with E-state index in [-0.39, 0.29) is 33.3 Å². The lowest BCUT2D eigenvalue weighted by atomic mass is 10.2. The van der Waals surface area contributed by atoms with Crippen molar-refractivity contribution in [1.29, 1.82) is 0 Å². The lowest BCUT2D eigenvalue weighted by Crippen LogP contribution is -2.23. The molecule has 30 heavy (non-hydrogen) atoms. The summed E-state index contributed by atoms with van der Waals surface area (Å²) in [5, 5.41) is 29.3. The lowest BCUT2D eigenvalue weighted by molar-refractivity contribution is -0.384. The molecule has 0 amide bonds. The number of hydrogen-bond acceptors (Lipinski definition) is 8. The van der Waals surface area contributed by atoms with Crippen molar-refractivity contribution >= 4 is 33.1 Å². The Morgan fingerprint density at radius 1 is 1.17 bits per heavy atom. The van der Waals surface area contributed by atoms with Crippen LogP contribution in [-0.4, -0.2) is 57.0 Å². The summed E-state index contributed by atoms with van der Waals surface area (Å²) in [6.45, 7) is 0. The molecule has 0 fully saturated rings. The van der Waals surface area contributed by atoms with Crippen molar-refractivity contribution in [1.82, 2.24) is 4.31 Å². The van der Waals surface area contributed by atoms with E-state index in [1.807, 2.05) is 0 Å². The van der Waals surface area contributed by atoms with Crippen molar-refractivity contribution in [2.24, 2.45) is 10.3 Å². The summed E-state index contributed by atoms with van der Waals surface area (Å²) in [5.74, 6) is -1.25. The number of nitro groups is 1. The first kappa shape index (κ1) is 22.7. The van der Waals surface area contributed by atoms with Gasteiger partial charge in [-0.1, -0.05) is 5.22 Å². The van der Waals surface area contributed by atoms with Crippen molar-refractivity contribution in [3.63, 3.8) is 0 Å². The Kier molecular flexibility index (Phi) is 6.69. The Morgan fingerprint density at radius 2 is 1.83 bits per heavy atom. The van der Waals surface area contributed by atoms with Crippen molar-refractivity contribution < 1.29 is 28.0 Å². The van der Waals surface area contributed by atoms with Gasteiger partial charge in [0.15, 0.2) is 5.75 Å². The van der Waals surface area contributed by atoms with Gasteiger partial charge in [0.25, 0.3) is 5.69 Å². The second kappa shape index (κ2) is 8.84. The molecule has 0 bridgehead atoms. The van der Waals surface area contributed by atoms with Crippen LogP contribution in [0.15, 0.2) is 51.6 Å². The summed E-state index contributed by atoms with van der Waals surface area (Å²) < 4.78 is 30.6. The third-order valence-corrected chi connectivity index (χ3v) is 5.80. The summed E-state index contributed by atoms with van der Waals surface area (Å²) in [6, 6.07) is 7.32. The fourth-order valence-corrected chi connectivity index (χ4v) is 3.29. The molecule has 0 aliphatic rings. The zero-order valence-electron chi connectivity index (χ0n) is 16.5. The molecular weight excluding hydrogens is 418 g/mol. The number of carbonyl (C=O) groups is 1. The van der Waals surface area contributed by atoms with Gasteiger partial charge in [0.1, 0.15) is 5.69 Å². The SMILES string of the molecule is COc1cc([N+](=O)[O-])ccc1N=NN(C)c1ccc(S(=O)(=O)N(C)C)cc1C(=O)O. The Bertz CT molecular complexity index is 1120. The molecule has 2 aromatic rings. The highest BCUT2D eigenvalue weighted by Crippen LogP contribution is 2.32. The van der Waals surface area contributed by atoms with Crippen LogP contribution in [0.3, 0.4) is 0 Å². The van der Waals surface area contributed by atoms with Crippen molar-refractivity contribution in [2.75, 3.05) is 33.3 Å². The molecule has 160 valence electrons. The number of nitro benzene ring substituents is 1. The molecule has 2 aromatic carbocycles. The van der Waals surface area contributed by atoms with Gasteiger partial charge in [0.2, 0.25) is 10.0 Å². The predicted octanol–water partition coefficient (Wildman–Crippen LogP) is 2.69. The van der Waals surface area contributed by atoms with Crippen molar-refractivity contribution in [3.05, 3.63) is 52.1 Å². The molecular formula is C17H19N5O7S. The first-order valence-electron chi connectivity index (χ1n) is 8.26. The highest BCUT2D eigenvalue weighted by molar-refractivity contribution is 7.89. The number of ether oxygens (including phenoxy) is 1. The van der Waals surface area contributed by atoms with Gasteiger partial charge in [-0.2, -0.15) is 0 Å². The summed E-state index contributed by atoms with van der Waals surface area (Å²) in [6.07, 6.45) is 0. The molecule has 0 saturated heterocycles. The minimum atomic E-state index is -3.82. The molecule has 13 heteroatoms. The van der Waals surface area contributed by atoms with Crippen LogP contribution in [-0.2, 0) is 10.0 Å². The number of methoxy groups -OCH3 is 1. The monoisotopic (exact) mass is 437 g/mol. The predicted molar refractivity (Wildman–Crippen MR) is 107 cm³/mol. The Balaban J connectivity index is 2.43. The molecule has 0 aliphatic carbocycles. The lowest BCUT2D eigenvalue weighted by Gasteiger charge is -2.17. The van der Waals surface area contributed by atoms with Gasteiger partial charge in [-0.25, -0.2) is 22.5 Å². The molecule has 0 saturated carbocycles. The fraction of sp³-hybridized carbons (Fsp3) is 0.235. The van der Waals surface area contributed by atoms with E-state index in [9.17, 15) is 28.4 Å². The molecule has 0 aliphatic heterocycles. The highest BCUT2D eigenvalue weighted by Gasteiger charge is 2.22. The number of anilines is 1. The number of nitrogens with zero attached hydrogens (tertiary/aromatic N) is 5. The Labute approximate surface area is 172 Å². The van der Waals surface area contributed by atoms with E-state index < -0.39 is 20.9 Å². The van der Waals surface area contributed by atoms with E-state index in [1.54, 1.807) is 0 Å². The minimum absolute atomic E-state index is 0.0878. The third kappa shape index (κ3) is 4.69. The largest absolute Gasteiger partial charge is 0.494 e. The van der Waals surface area contributed by atoms with Crippen LogP contribution in [0.5, 0.6) is 5.75 Å². The van der Waals surface area contributed by atoms with E-state index in [2.05, 4.69) is 10.3 Å². The van der Waals surface area contributed by atoms with Crippen LogP contribution in [0.25, 0.3) is 0 Å².